The number of aryl methyl sites for hydroxylation is 1. The topological polar surface area (TPSA) is 73.3 Å². The Morgan fingerprint density at radius 3 is 2.67 bits per heavy atom. The van der Waals surface area contributed by atoms with Crippen molar-refractivity contribution in [1.29, 1.82) is 0 Å². The molecule has 4 rings (SSSR count). The van der Waals surface area contributed by atoms with Gasteiger partial charge in [0, 0.05) is 38.1 Å². The maximum atomic E-state index is 9.89. The highest BCUT2D eigenvalue weighted by Gasteiger charge is 2.16. The fraction of sp³-hybridized carbons (Fsp3) is 0.333. The fourth-order valence-corrected chi connectivity index (χ4v) is 3.39. The summed E-state index contributed by atoms with van der Waals surface area (Å²) in [5, 5.41) is 17.6. The van der Waals surface area contributed by atoms with E-state index in [1.54, 1.807) is 12.1 Å². The van der Waals surface area contributed by atoms with Crippen LogP contribution >= 0.6 is 0 Å². The number of aromatic nitrogens is 2. The van der Waals surface area contributed by atoms with E-state index in [1.165, 1.54) is 5.56 Å². The SMILES string of the molecule is Oc1ccc2nc(N3CCNCC3)nc(NCCCc3ccccc3)c2c1. The van der Waals surface area contributed by atoms with E-state index in [4.69, 9.17) is 9.97 Å². The average molecular weight is 363 g/mol. The number of nitrogens with zero attached hydrogens (tertiary/aromatic N) is 3. The van der Waals surface area contributed by atoms with Gasteiger partial charge in [0.05, 0.1) is 5.52 Å². The van der Waals surface area contributed by atoms with Gasteiger partial charge in [-0.25, -0.2) is 4.98 Å². The Labute approximate surface area is 159 Å². The van der Waals surface area contributed by atoms with Crippen LogP contribution in [0.25, 0.3) is 10.9 Å². The summed E-state index contributed by atoms with van der Waals surface area (Å²) in [7, 11) is 0. The summed E-state index contributed by atoms with van der Waals surface area (Å²) in [6.07, 6.45) is 2.03. The summed E-state index contributed by atoms with van der Waals surface area (Å²) in [6, 6.07) is 15.8. The van der Waals surface area contributed by atoms with Crippen LogP contribution in [0.1, 0.15) is 12.0 Å². The molecule has 27 heavy (non-hydrogen) atoms. The van der Waals surface area contributed by atoms with Crippen molar-refractivity contribution in [2.45, 2.75) is 12.8 Å². The van der Waals surface area contributed by atoms with Crippen LogP contribution in [-0.2, 0) is 6.42 Å². The van der Waals surface area contributed by atoms with E-state index in [1.807, 2.05) is 12.1 Å². The van der Waals surface area contributed by atoms with Gasteiger partial charge >= 0.3 is 0 Å². The van der Waals surface area contributed by atoms with Gasteiger partial charge in [-0.15, -0.1) is 0 Å². The molecule has 1 saturated heterocycles. The van der Waals surface area contributed by atoms with Gasteiger partial charge in [-0.05, 0) is 36.6 Å². The fourth-order valence-electron chi connectivity index (χ4n) is 3.39. The molecule has 0 aliphatic carbocycles. The molecule has 0 spiro atoms. The highest BCUT2D eigenvalue weighted by molar-refractivity contribution is 5.91. The van der Waals surface area contributed by atoms with Crippen LogP contribution in [0, 0.1) is 0 Å². The molecule has 1 aliphatic heterocycles. The Morgan fingerprint density at radius 1 is 1.04 bits per heavy atom. The van der Waals surface area contributed by atoms with Gasteiger partial charge in [-0.2, -0.15) is 4.98 Å². The minimum Gasteiger partial charge on any atom is -0.508 e. The van der Waals surface area contributed by atoms with Crippen molar-refractivity contribution in [3.05, 3.63) is 54.1 Å². The number of phenolic OH excluding ortho intramolecular Hbond substituents is 1. The number of piperazine rings is 1. The molecule has 1 aliphatic rings. The van der Waals surface area contributed by atoms with Crippen LogP contribution in [0.2, 0.25) is 0 Å². The van der Waals surface area contributed by atoms with E-state index in [2.05, 4.69) is 39.8 Å². The molecule has 6 heteroatoms. The molecule has 3 aromatic rings. The van der Waals surface area contributed by atoms with E-state index in [0.29, 0.717) is 0 Å². The van der Waals surface area contributed by atoms with Crippen LogP contribution in [-0.4, -0.2) is 47.8 Å². The molecule has 3 N–H and O–H groups in total. The number of benzene rings is 2. The number of anilines is 2. The van der Waals surface area contributed by atoms with Crippen molar-refractivity contribution in [1.82, 2.24) is 15.3 Å². The Hall–Kier alpha value is -2.86. The molecule has 2 heterocycles. The van der Waals surface area contributed by atoms with E-state index >= 15 is 0 Å². The Bertz CT molecular complexity index is 894. The second-order valence-corrected chi connectivity index (χ2v) is 6.83. The summed E-state index contributed by atoms with van der Waals surface area (Å²) < 4.78 is 0. The van der Waals surface area contributed by atoms with E-state index in [-0.39, 0.29) is 5.75 Å². The number of phenols is 1. The van der Waals surface area contributed by atoms with Gasteiger partial charge in [-0.3, -0.25) is 0 Å². The molecule has 0 atom stereocenters. The van der Waals surface area contributed by atoms with E-state index in [0.717, 1.165) is 68.2 Å². The lowest BCUT2D eigenvalue weighted by atomic mass is 10.1. The summed E-state index contributed by atoms with van der Waals surface area (Å²) in [5.41, 5.74) is 2.19. The van der Waals surface area contributed by atoms with Gasteiger partial charge in [0.15, 0.2) is 0 Å². The molecule has 0 unspecified atom stereocenters. The monoisotopic (exact) mass is 363 g/mol. The highest BCUT2D eigenvalue weighted by Crippen LogP contribution is 2.27. The van der Waals surface area contributed by atoms with E-state index in [9.17, 15) is 5.11 Å². The van der Waals surface area contributed by atoms with Crippen LogP contribution in [0.15, 0.2) is 48.5 Å². The first kappa shape index (κ1) is 17.5. The first-order valence-electron chi connectivity index (χ1n) is 9.54. The Balaban J connectivity index is 1.52. The quantitative estimate of drug-likeness (QED) is 0.585. The predicted molar refractivity (Wildman–Crippen MR) is 110 cm³/mol. The number of hydrogen-bond acceptors (Lipinski definition) is 6. The normalized spacial score (nSPS) is 14.4. The van der Waals surface area contributed by atoms with Crippen molar-refractivity contribution >= 4 is 22.7 Å². The van der Waals surface area contributed by atoms with Crippen molar-refractivity contribution in [3.8, 4) is 5.75 Å². The zero-order valence-corrected chi connectivity index (χ0v) is 15.4. The molecule has 0 amide bonds. The predicted octanol–water partition coefficient (Wildman–Crippen LogP) is 2.79. The van der Waals surface area contributed by atoms with Crippen molar-refractivity contribution in [2.24, 2.45) is 0 Å². The average Bonchev–Trinajstić information content (AvgIpc) is 2.72. The molecule has 1 fully saturated rings. The maximum absolute atomic E-state index is 9.89. The lowest BCUT2D eigenvalue weighted by molar-refractivity contribution is 0.476. The second-order valence-electron chi connectivity index (χ2n) is 6.83. The summed E-state index contributed by atoms with van der Waals surface area (Å²) in [5.74, 6) is 1.77. The number of fused-ring (bicyclic) bond motifs is 1. The lowest BCUT2D eigenvalue weighted by Crippen LogP contribution is -2.44. The Kier molecular flexibility index (Phi) is 5.34. The minimum atomic E-state index is 0.230. The van der Waals surface area contributed by atoms with Crippen LogP contribution in [0.3, 0.4) is 0 Å². The second kappa shape index (κ2) is 8.22. The number of rotatable bonds is 6. The number of hydrogen-bond donors (Lipinski definition) is 3. The third-order valence-corrected chi connectivity index (χ3v) is 4.84. The molecule has 2 aromatic carbocycles. The third kappa shape index (κ3) is 4.28. The maximum Gasteiger partial charge on any atom is 0.227 e. The Morgan fingerprint density at radius 2 is 1.85 bits per heavy atom. The summed E-state index contributed by atoms with van der Waals surface area (Å²) in [4.78, 5) is 11.7. The van der Waals surface area contributed by atoms with Gasteiger partial charge in [-0.1, -0.05) is 30.3 Å². The van der Waals surface area contributed by atoms with Crippen LogP contribution < -0.4 is 15.5 Å². The molecular weight excluding hydrogens is 338 g/mol. The van der Waals surface area contributed by atoms with Crippen molar-refractivity contribution < 1.29 is 5.11 Å². The number of nitrogens with one attached hydrogen (secondary N) is 2. The number of aromatic hydroxyl groups is 1. The van der Waals surface area contributed by atoms with Crippen LogP contribution in [0.5, 0.6) is 5.75 Å². The molecular formula is C21H25N5O. The molecule has 1 aromatic heterocycles. The molecule has 0 saturated carbocycles. The molecule has 140 valence electrons. The minimum absolute atomic E-state index is 0.230. The standard InChI is InChI=1S/C21H25N5O/c27-17-8-9-19-18(15-17)20(23-10-4-7-16-5-2-1-3-6-16)25-21(24-19)26-13-11-22-12-14-26/h1-3,5-6,8-9,15,22,27H,4,7,10-14H2,(H,23,24,25). The molecule has 0 radical (unpaired) electrons. The molecule has 0 bridgehead atoms. The first-order chi connectivity index (χ1) is 13.3. The zero-order valence-electron chi connectivity index (χ0n) is 15.4. The lowest BCUT2D eigenvalue weighted by Gasteiger charge is -2.28. The van der Waals surface area contributed by atoms with Crippen molar-refractivity contribution in [3.63, 3.8) is 0 Å². The van der Waals surface area contributed by atoms with Gasteiger partial charge < -0.3 is 20.6 Å². The van der Waals surface area contributed by atoms with Crippen LogP contribution in [0.4, 0.5) is 11.8 Å². The van der Waals surface area contributed by atoms with Gasteiger partial charge in [0.1, 0.15) is 11.6 Å². The van der Waals surface area contributed by atoms with Gasteiger partial charge in [0.2, 0.25) is 5.95 Å². The smallest absolute Gasteiger partial charge is 0.227 e. The van der Waals surface area contributed by atoms with Crippen molar-refractivity contribution in [2.75, 3.05) is 42.9 Å². The summed E-state index contributed by atoms with van der Waals surface area (Å²) in [6.45, 7) is 4.50. The van der Waals surface area contributed by atoms with E-state index < -0.39 is 0 Å². The highest BCUT2D eigenvalue weighted by atomic mass is 16.3. The zero-order chi connectivity index (χ0) is 18.5. The third-order valence-electron chi connectivity index (χ3n) is 4.84. The van der Waals surface area contributed by atoms with Gasteiger partial charge in [0.25, 0.3) is 0 Å². The molecule has 6 nitrogen and oxygen atoms in total. The summed E-state index contributed by atoms with van der Waals surface area (Å²) >= 11 is 0. The largest absolute Gasteiger partial charge is 0.508 e. The first-order valence-corrected chi connectivity index (χ1v) is 9.54.